The summed E-state index contributed by atoms with van der Waals surface area (Å²) < 4.78 is 43.9. The molecule has 0 bridgehead atoms. The second-order valence-corrected chi connectivity index (χ2v) is 10.9. The molecular formula is C24H31N3O9S. The van der Waals surface area contributed by atoms with E-state index in [-0.39, 0.29) is 43.7 Å². The van der Waals surface area contributed by atoms with E-state index in [0.29, 0.717) is 22.8 Å². The molecule has 0 radical (unpaired) electrons. The number of hydrogen-bond donors (Lipinski definition) is 4. The summed E-state index contributed by atoms with van der Waals surface area (Å²) in [7, 11) is -4.06. The third-order valence-electron chi connectivity index (χ3n) is 5.47. The Morgan fingerprint density at radius 1 is 1.11 bits per heavy atom. The van der Waals surface area contributed by atoms with Crippen LogP contribution in [0.25, 0.3) is 0 Å². The molecule has 12 nitrogen and oxygen atoms in total. The highest BCUT2D eigenvalue weighted by molar-refractivity contribution is 7.89. The molecule has 1 heterocycles. The molecule has 2 aromatic rings. The van der Waals surface area contributed by atoms with Gasteiger partial charge in [-0.1, -0.05) is 26.0 Å². The van der Waals surface area contributed by atoms with Crippen LogP contribution in [-0.2, 0) is 21.2 Å². The molecule has 2 aromatic carbocycles. The average Bonchev–Trinajstić information content (AvgIpc) is 3.30. The predicted molar refractivity (Wildman–Crippen MR) is 132 cm³/mol. The molecule has 1 aliphatic heterocycles. The average molecular weight is 538 g/mol. The molecule has 0 spiro atoms. The molecule has 0 unspecified atom stereocenters. The first-order valence-electron chi connectivity index (χ1n) is 11.5. The molecule has 13 heteroatoms. The Balaban J connectivity index is 1.79. The summed E-state index contributed by atoms with van der Waals surface area (Å²) in [5.74, 6) is 0.434. The van der Waals surface area contributed by atoms with Crippen LogP contribution in [0.5, 0.6) is 17.2 Å². The van der Waals surface area contributed by atoms with Crippen molar-refractivity contribution in [3.63, 3.8) is 0 Å². The normalized spacial score (nSPS) is 14.4. The lowest BCUT2D eigenvalue weighted by Crippen LogP contribution is -2.50. The molecule has 0 saturated carbocycles. The van der Waals surface area contributed by atoms with E-state index in [0.717, 1.165) is 4.31 Å². The van der Waals surface area contributed by atoms with Crippen LogP contribution in [0.15, 0.2) is 47.4 Å². The number of sulfonamides is 1. The number of aliphatic hydroxyl groups excluding tert-OH is 1. The Morgan fingerprint density at radius 2 is 1.78 bits per heavy atom. The van der Waals surface area contributed by atoms with Crippen molar-refractivity contribution < 1.29 is 42.4 Å². The summed E-state index contributed by atoms with van der Waals surface area (Å²) in [6.45, 7) is 3.13. The van der Waals surface area contributed by atoms with E-state index in [4.69, 9.17) is 19.9 Å². The summed E-state index contributed by atoms with van der Waals surface area (Å²) >= 11 is 0. The van der Waals surface area contributed by atoms with Crippen molar-refractivity contribution in [3.05, 3.63) is 48.0 Å². The Bertz CT molecular complexity index is 1200. The first kappa shape index (κ1) is 28.0. The van der Waals surface area contributed by atoms with Gasteiger partial charge in [0.05, 0.1) is 17.0 Å². The van der Waals surface area contributed by atoms with Crippen LogP contribution >= 0.6 is 0 Å². The van der Waals surface area contributed by atoms with Gasteiger partial charge in [-0.2, -0.15) is 4.31 Å². The van der Waals surface area contributed by atoms with Gasteiger partial charge in [-0.15, -0.1) is 0 Å². The van der Waals surface area contributed by atoms with Crippen LogP contribution in [0.1, 0.15) is 19.4 Å². The topological polar surface area (TPSA) is 178 Å². The lowest BCUT2D eigenvalue weighted by Gasteiger charge is -2.30. The third-order valence-corrected chi connectivity index (χ3v) is 7.30. The Morgan fingerprint density at radius 3 is 2.41 bits per heavy atom. The number of nitrogens with one attached hydrogen (secondary N) is 1. The van der Waals surface area contributed by atoms with Gasteiger partial charge in [-0.05, 0) is 42.2 Å². The number of aliphatic hydroxyl groups is 1. The van der Waals surface area contributed by atoms with Crippen LogP contribution < -0.4 is 25.3 Å². The van der Waals surface area contributed by atoms with Crippen molar-refractivity contribution >= 4 is 22.0 Å². The van der Waals surface area contributed by atoms with E-state index in [1.54, 1.807) is 24.3 Å². The molecule has 0 saturated heterocycles. The molecule has 2 amide bonds. The van der Waals surface area contributed by atoms with Crippen LogP contribution in [0.4, 0.5) is 4.79 Å². The molecule has 0 aliphatic carbocycles. The standard InChI is InChI=1S/C24H31N3O9S/c1-15(2)11-27(37(32,33)18-7-8-21-22(10-18)36-14-35-21)12-20(28)19(26-24(30)31)9-16-3-5-17(6-4-16)34-13-23(25)29/h3-8,10,15,19-20,26,28H,9,11-14H2,1-2H3,(H2,25,29)(H,30,31)/t19-,20-/m0/s1. The zero-order chi connectivity index (χ0) is 27.2. The number of amides is 2. The highest BCUT2D eigenvalue weighted by Gasteiger charge is 2.32. The van der Waals surface area contributed by atoms with Gasteiger partial charge in [0, 0.05) is 19.2 Å². The minimum absolute atomic E-state index is 0.00591. The quantitative estimate of drug-likeness (QED) is 0.292. The zero-order valence-electron chi connectivity index (χ0n) is 20.5. The highest BCUT2D eigenvalue weighted by atomic mass is 32.2. The fourth-order valence-corrected chi connectivity index (χ4v) is 5.41. The molecule has 0 fully saturated rings. The van der Waals surface area contributed by atoms with Gasteiger partial charge in [0.1, 0.15) is 5.75 Å². The van der Waals surface area contributed by atoms with E-state index in [2.05, 4.69) is 5.32 Å². The maximum atomic E-state index is 13.5. The van der Waals surface area contributed by atoms with Gasteiger partial charge in [-0.3, -0.25) is 4.79 Å². The lowest BCUT2D eigenvalue weighted by atomic mass is 10.0. The summed E-state index contributed by atoms with van der Waals surface area (Å²) in [4.78, 5) is 22.3. The number of primary amides is 1. The van der Waals surface area contributed by atoms with Crippen molar-refractivity contribution in [1.82, 2.24) is 9.62 Å². The summed E-state index contributed by atoms with van der Waals surface area (Å²) in [5.41, 5.74) is 5.71. The van der Waals surface area contributed by atoms with Crippen molar-refractivity contribution in [2.45, 2.75) is 37.3 Å². The molecule has 202 valence electrons. The SMILES string of the molecule is CC(C)CN(C[C@H](O)[C@H](Cc1ccc(OCC(N)=O)cc1)NC(=O)O)S(=O)(=O)c1ccc2c(c1)OCO2. The molecule has 3 rings (SSSR count). The Hall–Kier alpha value is -3.55. The van der Waals surface area contributed by atoms with Gasteiger partial charge < -0.3 is 35.5 Å². The van der Waals surface area contributed by atoms with Crippen molar-refractivity contribution in [2.75, 3.05) is 26.5 Å². The third kappa shape index (κ3) is 7.71. The number of benzene rings is 2. The zero-order valence-corrected chi connectivity index (χ0v) is 21.3. The number of hydrogen-bond acceptors (Lipinski definition) is 8. The minimum Gasteiger partial charge on any atom is -0.484 e. The number of ether oxygens (including phenoxy) is 3. The summed E-state index contributed by atoms with van der Waals surface area (Å²) in [6, 6.07) is 9.71. The Kier molecular flexibility index (Phi) is 9.18. The second-order valence-electron chi connectivity index (χ2n) is 8.96. The van der Waals surface area contributed by atoms with E-state index >= 15 is 0 Å². The number of carboxylic acid groups (broad SMARTS) is 1. The smallest absolute Gasteiger partial charge is 0.404 e. The largest absolute Gasteiger partial charge is 0.484 e. The number of nitrogens with zero attached hydrogens (tertiary/aromatic N) is 1. The van der Waals surface area contributed by atoms with E-state index in [9.17, 15) is 28.2 Å². The van der Waals surface area contributed by atoms with Crippen LogP contribution in [0.3, 0.4) is 0 Å². The second kappa shape index (κ2) is 12.1. The van der Waals surface area contributed by atoms with Gasteiger partial charge >= 0.3 is 6.09 Å². The first-order valence-corrected chi connectivity index (χ1v) is 13.0. The number of rotatable bonds is 13. The maximum Gasteiger partial charge on any atom is 0.404 e. The van der Waals surface area contributed by atoms with Crippen LogP contribution in [-0.4, -0.2) is 73.6 Å². The first-order chi connectivity index (χ1) is 17.5. The van der Waals surface area contributed by atoms with Crippen molar-refractivity contribution in [3.8, 4) is 17.2 Å². The molecule has 37 heavy (non-hydrogen) atoms. The number of carbonyl (C=O) groups is 2. The molecular weight excluding hydrogens is 506 g/mol. The van der Waals surface area contributed by atoms with E-state index in [1.807, 2.05) is 13.8 Å². The van der Waals surface area contributed by atoms with Crippen LogP contribution in [0, 0.1) is 5.92 Å². The minimum atomic E-state index is -4.06. The Labute approximate surface area is 215 Å². The number of nitrogens with two attached hydrogens (primary N) is 1. The summed E-state index contributed by atoms with van der Waals surface area (Å²) in [5, 5.41) is 22.6. The highest BCUT2D eigenvalue weighted by Crippen LogP contribution is 2.34. The van der Waals surface area contributed by atoms with Gasteiger partial charge in [0.15, 0.2) is 18.1 Å². The monoisotopic (exact) mass is 537 g/mol. The van der Waals surface area contributed by atoms with E-state index in [1.165, 1.54) is 18.2 Å². The summed E-state index contributed by atoms with van der Waals surface area (Å²) in [6.07, 6.45) is -2.66. The molecule has 1 aliphatic rings. The number of fused-ring (bicyclic) bond motifs is 1. The van der Waals surface area contributed by atoms with Crippen molar-refractivity contribution in [2.24, 2.45) is 11.7 Å². The fourth-order valence-electron chi connectivity index (χ4n) is 3.77. The van der Waals surface area contributed by atoms with Gasteiger partial charge in [-0.25, -0.2) is 13.2 Å². The fraction of sp³-hybridized carbons (Fsp3) is 0.417. The van der Waals surface area contributed by atoms with Crippen LogP contribution in [0.2, 0.25) is 0 Å². The number of carbonyl (C=O) groups excluding carboxylic acids is 1. The van der Waals surface area contributed by atoms with Gasteiger partial charge in [0.25, 0.3) is 5.91 Å². The molecule has 5 N–H and O–H groups in total. The molecule has 0 aromatic heterocycles. The van der Waals surface area contributed by atoms with Crippen molar-refractivity contribution in [1.29, 1.82) is 0 Å². The van der Waals surface area contributed by atoms with E-state index < -0.39 is 34.2 Å². The van der Waals surface area contributed by atoms with Gasteiger partial charge in [0.2, 0.25) is 16.8 Å². The maximum absolute atomic E-state index is 13.5. The predicted octanol–water partition coefficient (Wildman–Crippen LogP) is 1.17. The molecule has 2 atom stereocenters. The lowest BCUT2D eigenvalue weighted by molar-refractivity contribution is -0.119.